The summed E-state index contributed by atoms with van der Waals surface area (Å²) in [4.78, 5) is 2.05. The summed E-state index contributed by atoms with van der Waals surface area (Å²) in [6, 6.07) is 51.1. The standard InChI is InChI=1S/C57H52N4O3/c1-5-42(43(6-2)31-36-59-49-20-28-56(62)54(40-49)46-14-10-8-11-15-46)30-35-58-48-18-24-52(25-19-48)64-53-26-21-50(22-27-53)61-38-33-45(34-39-61)44(7-3)32-37-60(4)51-23-29-57(63)55(41-51)47-16-12-9-13-17-47/h5-41,58-59H,1-4H3,(H-,62,63)/p+1/b35-30-,36-31-,37-32-,42-5+,43-6+,44-7+. The van der Waals surface area contributed by atoms with Crippen LogP contribution in [0, 0.1) is 0 Å². The van der Waals surface area contributed by atoms with Crippen LogP contribution in [0.4, 0.5) is 17.1 Å². The lowest BCUT2D eigenvalue weighted by Gasteiger charge is -2.17. The van der Waals surface area contributed by atoms with Crippen LogP contribution in [-0.2, 0) is 0 Å². The summed E-state index contributed by atoms with van der Waals surface area (Å²) < 4.78 is 8.26. The summed E-state index contributed by atoms with van der Waals surface area (Å²) in [7, 11) is 2.01. The number of pyridine rings is 1. The maximum atomic E-state index is 10.5. The Labute approximate surface area is 376 Å². The number of aromatic nitrogens is 1. The highest BCUT2D eigenvalue weighted by Crippen LogP contribution is 2.34. The highest BCUT2D eigenvalue weighted by molar-refractivity contribution is 5.77. The van der Waals surface area contributed by atoms with Gasteiger partial charge in [-0.15, -0.1) is 0 Å². The number of phenols is 2. The van der Waals surface area contributed by atoms with Gasteiger partial charge in [-0.3, -0.25) is 0 Å². The minimum atomic E-state index is 0.246. The zero-order chi connectivity index (χ0) is 44.7. The van der Waals surface area contributed by atoms with E-state index in [4.69, 9.17) is 4.74 Å². The van der Waals surface area contributed by atoms with Crippen LogP contribution in [0.15, 0.2) is 236 Å². The molecular weight excluding hydrogens is 789 g/mol. The molecule has 7 heteroatoms. The quantitative estimate of drug-likeness (QED) is 0.0441. The van der Waals surface area contributed by atoms with E-state index in [1.54, 1.807) is 12.1 Å². The Morgan fingerprint density at radius 1 is 0.547 bits per heavy atom. The van der Waals surface area contributed by atoms with E-state index in [1.807, 2.05) is 192 Å². The predicted molar refractivity (Wildman–Crippen MR) is 266 cm³/mol. The van der Waals surface area contributed by atoms with Crippen molar-refractivity contribution in [2.75, 3.05) is 22.6 Å². The van der Waals surface area contributed by atoms with Crippen molar-refractivity contribution >= 4 is 22.6 Å². The molecule has 0 aliphatic heterocycles. The average Bonchev–Trinajstić information content (AvgIpc) is 3.34. The molecule has 7 rings (SSSR count). The van der Waals surface area contributed by atoms with Gasteiger partial charge in [0.15, 0.2) is 12.4 Å². The summed E-state index contributed by atoms with van der Waals surface area (Å²) in [5, 5.41) is 27.6. The van der Waals surface area contributed by atoms with E-state index >= 15 is 0 Å². The molecule has 0 saturated carbocycles. The minimum Gasteiger partial charge on any atom is -0.507 e. The molecule has 1 heterocycles. The van der Waals surface area contributed by atoms with Gasteiger partial charge in [-0.2, -0.15) is 4.57 Å². The maximum absolute atomic E-state index is 10.5. The zero-order valence-corrected chi connectivity index (χ0v) is 36.6. The van der Waals surface area contributed by atoms with Crippen LogP contribution < -0.4 is 24.8 Å². The molecule has 0 aliphatic rings. The molecule has 0 aliphatic carbocycles. The molecule has 7 aromatic rings. The number of phenolic OH excluding ortho intramolecular Hbond substituents is 2. The lowest BCUT2D eigenvalue weighted by molar-refractivity contribution is -0.595. The Morgan fingerprint density at radius 2 is 1.06 bits per heavy atom. The number of rotatable bonds is 16. The Balaban J connectivity index is 0.898. The Morgan fingerprint density at radius 3 is 1.62 bits per heavy atom. The summed E-state index contributed by atoms with van der Waals surface area (Å²) in [6.07, 6.45) is 22.4. The molecule has 0 amide bonds. The third kappa shape index (κ3) is 11.3. The van der Waals surface area contributed by atoms with Crippen molar-refractivity contribution in [3.05, 3.63) is 242 Å². The van der Waals surface area contributed by atoms with Gasteiger partial charge >= 0.3 is 0 Å². The first kappa shape index (κ1) is 43.8. The average molecular weight is 842 g/mol. The number of nitrogens with zero attached hydrogens (tertiary/aromatic N) is 2. The largest absolute Gasteiger partial charge is 0.507 e. The van der Waals surface area contributed by atoms with Gasteiger partial charge in [-0.05, 0) is 145 Å². The van der Waals surface area contributed by atoms with E-state index in [2.05, 4.69) is 68.9 Å². The van der Waals surface area contributed by atoms with Crippen molar-refractivity contribution in [1.29, 1.82) is 0 Å². The summed E-state index contributed by atoms with van der Waals surface area (Å²) in [5.74, 6) is 1.99. The molecule has 318 valence electrons. The first-order valence-corrected chi connectivity index (χ1v) is 21.3. The smallest absolute Gasteiger partial charge is 0.210 e. The monoisotopic (exact) mass is 841 g/mol. The fourth-order valence-corrected chi connectivity index (χ4v) is 7.11. The van der Waals surface area contributed by atoms with Gasteiger partial charge in [-0.25, -0.2) is 0 Å². The van der Waals surface area contributed by atoms with E-state index in [-0.39, 0.29) is 11.5 Å². The van der Waals surface area contributed by atoms with E-state index in [0.717, 1.165) is 78.8 Å². The number of ether oxygens (including phenoxy) is 1. The normalized spacial score (nSPS) is 12.3. The van der Waals surface area contributed by atoms with Gasteiger partial charge in [0.05, 0.1) is 0 Å². The van der Waals surface area contributed by atoms with Crippen LogP contribution >= 0.6 is 0 Å². The first-order chi connectivity index (χ1) is 31.3. The predicted octanol–water partition coefficient (Wildman–Crippen LogP) is 14.0. The second kappa shape index (κ2) is 21.5. The number of anilines is 3. The fraction of sp³-hybridized carbons (Fsp3) is 0.0702. The molecule has 6 aromatic carbocycles. The van der Waals surface area contributed by atoms with Crippen molar-refractivity contribution in [2.45, 2.75) is 20.8 Å². The van der Waals surface area contributed by atoms with Gasteiger partial charge in [0.25, 0.3) is 0 Å². The summed E-state index contributed by atoms with van der Waals surface area (Å²) in [5.41, 5.74) is 11.6. The summed E-state index contributed by atoms with van der Waals surface area (Å²) >= 11 is 0. The molecular formula is C57H53N4O3+. The maximum Gasteiger partial charge on any atom is 0.210 e. The van der Waals surface area contributed by atoms with Crippen molar-refractivity contribution in [2.24, 2.45) is 0 Å². The van der Waals surface area contributed by atoms with Crippen LogP contribution in [0.3, 0.4) is 0 Å². The molecule has 0 saturated heterocycles. The lowest BCUT2D eigenvalue weighted by atomic mass is 10.0. The number of nitrogens with one attached hydrogen (secondary N) is 2. The van der Waals surface area contributed by atoms with Crippen molar-refractivity contribution in [1.82, 2.24) is 0 Å². The second-order valence-corrected chi connectivity index (χ2v) is 14.9. The molecule has 0 fully saturated rings. The van der Waals surface area contributed by atoms with Crippen LogP contribution in [-0.4, -0.2) is 17.3 Å². The molecule has 4 N–H and O–H groups in total. The molecule has 1 aromatic heterocycles. The molecule has 0 atom stereocenters. The molecule has 0 radical (unpaired) electrons. The second-order valence-electron chi connectivity index (χ2n) is 14.9. The molecule has 0 bridgehead atoms. The fourth-order valence-electron chi connectivity index (χ4n) is 7.11. The highest BCUT2D eigenvalue weighted by Gasteiger charge is 2.11. The number of hydrogen-bond acceptors (Lipinski definition) is 6. The third-order valence-electron chi connectivity index (χ3n) is 10.7. The van der Waals surface area contributed by atoms with Gasteiger partial charge in [0.1, 0.15) is 23.0 Å². The number of allylic oxidation sites excluding steroid dienone is 9. The highest BCUT2D eigenvalue weighted by atomic mass is 16.5. The molecule has 7 nitrogen and oxygen atoms in total. The van der Waals surface area contributed by atoms with E-state index < -0.39 is 0 Å². The Hall–Kier alpha value is -8.29. The van der Waals surface area contributed by atoms with Crippen LogP contribution in [0.25, 0.3) is 33.5 Å². The Kier molecular flexibility index (Phi) is 14.7. The van der Waals surface area contributed by atoms with E-state index in [0.29, 0.717) is 0 Å². The first-order valence-electron chi connectivity index (χ1n) is 21.3. The van der Waals surface area contributed by atoms with Gasteiger partial charge in [0.2, 0.25) is 5.69 Å². The van der Waals surface area contributed by atoms with Crippen LogP contribution in [0.2, 0.25) is 0 Å². The zero-order valence-electron chi connectivity index (χ0n) is 36.6. The van der Waals surface area contributed by atoms with Gasteiger partial charge < -0.3 is 30.5 Å². The minimum absolute atomic E-state index is 0.246. The molecule has 0 unspecified atom stereocenters. The SMILES string of the molecule is C/C=C(\C=C/Nc1ccc(Oc2ccc(-[n+]3ccc(C(/C=C\N(C)c4ccc(O)c(-c5ccccc5)c4)=C/C)cc3)cc2)cc1)C(/C=C\Nc1ccc(O)c(-c2ccccc2)c1)=C/C. The number of aromatic hydroxyl groups is 2. The molecule has 0 spiro atoms. The van der Waals surface area contributed by atoms with Crippen molar-refractivity contribution in [3.8, 4) is 50.9 Å². The van der Waals surface area contributed by atoms with E-state index in [9.17, 15) is 10.2 Å². The Bertz CT molecular complexity index is 2820. The number of hydrogen-bond donors (Lipinski definition) is 4. The van der Waals surface area contributed by atoms with Gasteiger partial charge in [-0.1, -0.05) is 78.9 Å². The van der Waals surface area contributed by atoms with Crippen LogP contribution in [0.1, 0.15) is 26.3 Å². The summed E-state index contributed by atoms with van der Waals surface area (Å²) in [6.45, 7) is 6.08. The van der Waals surface area contributed by atoms with Gasteiger partial charge in [0, 0.05) is 78.1 Å². The van der Waals surface area contributed by atoms with Crippen molar-refractivity contribution in [3.63, 3.8) is 0 Å². The molecule has 64 heavy (non-hydrogen) atoms. The number of benzene rings is 6. The topological polar surface area (TPSA) is 80.9 Å². The third-order valence-corrected chi connectivity index (χ3v) is 10.7. The van der Waals surface area contributed by atoms with Crippen LogP contribution in [0.5, 0.6) is 23.0 Å². The van der Waals surface area contributed by atoms with Crippen molar-refractivity contribution < 1.29 is 19.5 Å². The lowest BCUT2D eigenvalue weighted by Crippen LogP contribution is -2.29. The van der Waals surface area contributed by atoms with E-state index in [1.165, 1.54) is 0 Å².